The number of anilines is 1. The van der Waals surface area contributed by atoms with Gasteiger partial charge in [0.1, 0.15) is 16.9 Å². The van der Waals surface area contributed by atoms with Gasteiger partial charge in [0.05, 0.1) is 5.75 Å². The number of H-pyrrole nitrogens is 1. The van der Waals surface area contributed by atoms with Crippen LogP contribution in [0.4, 0.5) is 10.1 Å². The van der Waals surface area contributed by atoms with E-state index in [0.717, 1.165) is 11.1 Å². The van der Waals surface area contributed by atoms with Crippen molar-refractivity contribution in [3.05, 3.63) is 76.5 Å². The van der Waals surface area contributed by atoms with Gasteiger partial charge in [-0.05, 0) is 37.1 Å². The molecule has 0 saturated carbocycles. The highest BCUT2D eigenvalue weighted by molar-refractivity contribution is 7.99. The molecule has 0 aliphatic heterocycles. The molecular weight excluding hydrogens is 415 g/mol. The highest BCUT2D eigenvalue weighted by Gasteiger charge is 2.17. The van der Waals surface area contributed by atoms with Crippen LogP contribution >= 0.6 is 11.8 Å². The third-order valence-corrected chi connectivity index (χ3v) is 5.92. The lowest BCUT2D eigenvalue weighted by atomic mass is 10.1. The SMILES string of the molecule is CCn1c(SCC(=O)Nc2ccc(C)c(F)c2)nc2c(-c3ccccc3)c[nH]c2c1=O. The Morgan fingerprint density at radius 1 is 1.23 bits per heavy atom. The Labute approximate surface area is 182 Å². The first-order chi connectivity index (χ1) is 15.0. The predicted molar refractivity (Wildman–Crippen MR) is 122 cm³/mol. The Morgan fingerprint density at radius 2 is 2.00 bits per heavy atom. The minimum atomic E-state index is -0.377. The number of rotatable bonds is 6. The zero-order valence-electron chi connectivity index (χ0n) is 17.1. The molecule has 2 N–H and O–H groups in total. The number of hydrogen-bond donors (Lipinski definition) is 2. The fourth-order valence-electron chi connectivity index (χ4n) is 3.30. The molecule has 0 radical (unpaired) electrons. The number of carbonyl (C=O) groups excluding carboxylic acids is 1. The number of halogens is 1. The summed E-state index contributed by atoms with van der Waals surface area (Å²) in [7, 11) is 0. The van der Waals surface area contributed by atoms with Crippen molar-refractivity contribution >= 4 is 34.4 Å². The summed E-state index contributed by atoms with van der Waals surface area (Å²) in [6.07, 6.45) is 1.78. The summed E-state index contributed by atoms with van der Waals surface area (Å²) in [5.41, 5.74) is 3.51. The smallest absolute Gasteiger partial charge is 0.278 e. The molecule has 0 unspecified atom stereocenters. The number of nitrogens with zero attached hydrogens (tertiary/aromatic N) is 2. The van der Waals surface area contributed by atoms with Crippen LogP contribution in [0.3, 0.4) is 0 Å². The van der Waals surface area contributed by atoms with Crippen LogP contribution in [-0.4, -0.2) is 26.2 Å². The Bertz CT molecular complexity index is 1310. The van der Waals surface area contributed by atoms with Crippen molar-refractivity contribution in [3.63, 3.8) is 0 Å². The van der Waals surface area contributed by atoms with Crippen LogP contribution in [-0.2, 0) is 11.3 Å². The number of aromatic nitrogens is 3. The Kier molecular flexibility index (Phi) is 5.90. The number of amides is 1. The van der Waals surface area contributed by atoms with E-state index in [2.05, 4.69) is 10.3 Å². The molecule has 6 nitrogen and oxygen atoms in total. The second-order valence-electron chi connectivity index (χ2n) is 7.04. The molecule has 2 heterocycles. The van der Waals surface area contributed by atoms with Gasteiger partial charge >= 0.3 is 0 Å². The first kappa shape index (κ1) is 20.9. The molecule has 158 valence electrons. The van der Waals surface area contributed by atoms with Crippen LogP contribution in [0.5, 0.6) is 0 Å². The van der Waals surface area contributed by atoms with E-state index in [-0.39, 0.29) is 23.0 Å². The largest absolute Gasteiger partial charge is 0.355 e. The monoisotopic (exact) mass is 436 g/mol. The van der Waals surface area contributed by atoms with Crippen molar-refractivity contribution in [2.45, 2.75) is 25.5 Å². The molecule has 4 aromatic rings. The van der Waals surface area contributed by atoms with Gasteiger partial charge in [0.2, 0.25) is 5.91 Å². The zero-order chi connectivity index (χ0) is 22.0. The molecule has 0 atom stereocenters. The molecule has 0 fully saturated rings. The topological polar surface area (TPSA) is 79.8 Å². The quantitative estimate of drug-likeness (QED) is 0.342. The fraction of sp³-hybridized carbons (Fsp3) is 0.174. The van der Waals surface area contributed by atoms with Crippen LogP contribution in [0, 0.1) is 12.7 Å². The van der Waals surface area contributed by atoms with E-state index in [9.17, 15) is 14.0 Å². The van der Waals surface area contributed by atoms with Crippen LogP contribution in [0.2, 0.25) is 0 Å². The van der Waals surface area contributed by atoms with Gasteiger partial charge < -0.3 is 10.3 Å². The Balaban J connectivity index is 1.61. The molecule has 0 aliphatic carbocycles. The fourth-order valence-corrected chi connectivity index (χ4v) is 4.15. The van der Waals surface area contributed by atoms with Crippen LogP contribution in [0.25, 0.3) is 22.2 Å². The average Bonchev–Trinajstić information content (AvgIpc) is 3.20. The normalized spacial score (nSPS) is 11.1. The third-order valence-electron chi connectivity index (χ3n) is 4.94. The van der Waals surface area contributed by atoms with E-state index in [1.807, 2.05) is 37.3 Å². The van der Waals surface area contributed by atoms with Crippen LogP contribution in [0.15, 0.2) is 64.7 Å². The molecule has 8 heteroatoms. The van der Waals surface area contributed by atoms with Crippen molar-refractivity contribution in [2.75, 3.05) is 11.1 Å². The van der Waals surface area contributed by atoms with Crippen molar-refractivity contribution in [1.82, 2.24) is 14.5 Å². The summed E-state index contributed by atoms with van der Waals surface area (Å²) in [5, 5.41) is 3.14. The summed E-state index contributed by atoms with van der Waals surface area (Å²) in [6.45, 7) is 3.94. The molecule has 0 bridgehead atoms. The van der Waals surface area contributed by atoms with Crippen LogP contribution < -0.4 is 10.9 Å². The molecule has 2 aromatic carbocycles. The summed E-state index contributed by atoms with van der Waals surface area (Å²) >= 11 is 1.17. The first-order valence-corrected chi connectivity index (χ1v) is 10.8. The van der Waals surface area contributed by atoms with Gasteiger partial charge in [-0.1, -0.05) is 48.2 Å². The lowest BCUT2D eigenvalue weighted by Gasteiger charge is -2.11. The number of thioether (sulfide) groups is 1. The van der Waals surface area contributed by atoms with Gasteiger partial charge in [-0.3, -0.25) is 14.2 Å². The van der Waals surface area contributed by atoms with E-state index in [1.54, 1.807) is 25.3 Å². The second-order valence-corrected chi connectivity index (χ2v) is 7.98. The third kappa shape index (κ3) is 4.25. The molecule has 4 rings (SSSR count). The van der Waals surface area contributed by atoms with Gasteiger partial charge in [-0.2, -0.15) is 0 Å². The second kappa shape index (κ2) is 8.77. The van der Waals surface area contributed by atoms with E-state index in [4.69, 9.17) is 4.98 Å². The molecular formula is C23H21FN4O2S. The Morgan fingerprint density at radius 3 is 2.71 bits per heavy atom. The molecule has 2 aromatic heterocycles. The summed E-state index contributed by atoms with van der Waals surface area (Å²) in [5.74, 6) is -0.640. The maximum Gasteiger partial charge on any atom is 0.278 e. The maximum absolute atomic E-state index is 13.7. The van der Waals surface area contributed by atoms with E-state index >= 15 is 0 Å². The molecule has 0 spiro atoms. The molecule has 1 amide bonds. The number of hydrogen-bond acceptors (Lipinski definition) is 4. The van der Waals surface area contributed by atoms with Crippen molar-refractivity contribution in [3.8, 4) is 11.1 Å². The van der Waals surface area contributed by atoms with E-state index in [1.165, 1.54) is 22.4 Å². The first-order valence-electron chi connectivity index (χ1n) is 9.84. The summed E-state index contributed by atoms with van der Waals surface area (Å²) in [6, 6.07) is 14.2. The average molecular weight is 437 g/mol. The highest BCUT2D eigenvalue weighted by Crippen LogP contribution is 2.27. The van der Waals surface area contributed by atoms with Gasteiger partial charge in [0.15, 0.2) is 5.16 Å². The minimum absolute atomic E-state index is 0.0402. The van der Waals surface area contributed by atoms with E-state index < -0.39 is 0 Å². The van der Waals surface area contributed by atoms with Crippen molar-refractivity contribution in [2.24, 2.45) is 0 Å². The molecule has 0 saturated heterocycles. The molecule has 0 aliphatic rings. The molecule has 31 heavy (non-hydrogen) atoms. The lowest BCUT2D eigenvalue weighted by Crippen LogP contribution is -2.23. The van der Waals surface area contributed by atoms with E-state index in [0.29, 0.717) is 34.0 Å². The van der Waals surface area contributed by atoms with Crippen molar-refractivity contribution < 1.29 is 9.18 Å². The predicted octanol–water partition coefficient (Wildman–Crippen LogP) is 4.59. The van der Waals surface area contributed by atoms with Crippen LogP contribution in [0.1, 0.15) is 12.5 Å². The highest BCUT2D eigenvalue weighted by atomic mass is 32.2. The number of nitrogens with one attached hydrogen (secondary N) is 2. The van der Waals surface area contributed by atoms with Gasteiger partial charge in [0, 0.05) is 24.0 Å². The number of aromatic amines is 1. The van der Waals surface area contributed by atoms with Gasteiger partial charge in [-0.15, -0.1) is 0 Å². The number of benzene rings is 2. The number of fused-ring (bicyclic) bond motifs is 1. The van der Waals surface area contributed by atoms with Crippen molar-refractivity contribution in [1.29, 1.82) is 0 Å². The van der Waals surface area contributed by atoms with Gasteiger partial charge in [0.25, 0.3) is 5.56 Å². The minimum Gasteiger partial charge on any atom is -0.355 e. The Hall–Kier alpha value is -3.39. The number of carbonyl (C=O) groups is 1. The number of aryl methyl sites for hydroxylation is 1. The lowest BCUT2D eigenvalue weighted by molar-refractivity contribution is -0.113. The summed E-state index contributed by atoms with van der Waals surface area (Å²) < 4.78 is 15.3. The summed E-state index contributed by atoms with van der Waals surface area (Å²) in [4.78, 5) is 33.1. The maximum atomic E-state index is 13.7. The van der Waals surface area contributed by atoms with Gasteiger partial charge in [-0.25, -0.2) is 9.37 Å². The zero-order valence-corrected chi connectivity index (χ0v) is 17.9. The standard InChI is InChI=1S/C23H21FN4O2S/c1-3-28-22(30)21-20(17(12-25-21)15-7-5-4-6-8-15)27-23(28)31-13-19(29)26-16-10-9-14(2)18(24)11-16/h4-12,25H,3,13H2,1-2H3,(H,26,29).